The van der Waals surface area contributed by atoms with Crippen molar-refractivity contribution in [3.05, 3.63) is 0 Å². The van der Waals surface area contributed by atoms with Crippen molar-refractivity contribution in [3.63, 3.8) is 0 Å². The Kier molecular flexibility index (Phi) is 3.35. The fraction of sp³-hybridized carbons (Fsp3) is 0.500. The Hall–Kier alpha value is -1.50. The summed E-state index contributed by atoms with van der Waals surface area (Å²) in [7, 11) is 0. The van der Waals surface area contributed by atoms with Crippen LogP contribution in [0.4, 0.5) is 0 Å². The molecule has 0 unspecified atom stereocenters. The fourth-order valence-electron chi connectivity index (χ4n) is 1.31. The highest BCUT2D eigenvalue weighted by atomic mass is 32.1. The first-order valence-electron chi connectivity index (χ1n) is 4.48. The van der Waals surface area contributed by atoms with E-state index in [1.54, 1.807) is 13.8 Å². The summed E-state index contributed by atoms with van der Waals surface area (Å²) in [6.45, 7) is 4.12. The molecule has 0 saturated carbocycles. The number of oxime groups is 1. The molecule has 1 saturated heterocycles. The Morgan fingerprint density at radius 3 is 1.87 bits per heavy atom. The van der Waals surface area contributed by atoms with E-state index in [-0.39, 0.29) is 5.11 Å². The van der Waals surface area contributed by atoms with E-state index in [9.17, 15) is 9.59 Å². The lowest BCUT2D eigenvalue weighted by Crippen LogP contribution is -2.59. The van der Waals surface area contributed by atoms with Gasteiger partial charge in [-0.25, -0.2) is 0 Å². The van der Waals surface area contributed by atoms with Crippen LogP contribution in [0.5, 0.6) is 0 Å². The first-order chi connectivity index (χ1) is 7.08. The molecule has 0 aromatic rings. The number of carbonyl (C=O) groups excluding carboxylic acids is 2. The third-order valence-corrected chi connectivity index (χ3v) is 2.53. The van der Waals surface area contributed by atoms with E-state index >= 15 is 0 Å². The van der Waals surface area contributed by atoms with Crippen molar-refractivity contribution in [1.82, 2.24) is 9.80 Å². The van der Waals surface area contributed by atoms with Crippen LogP contribution in [0.3, 0.4) is 0 Å². The lowest BCUT2D eigenvalue weighted by atomic mass is 10.2. The van der Waals surface area contributed by atoms with Crippen LogP contribution in [-0.2, 0) is 9.59 Å². The molecule has 1 aliphatic heterocycles. The van der Waals surface area contributed by atoms with Gasteiger partial charge in [0.1, 0.15) is 0 Å². The topological polar surface area (TPSA) is 73.2 Å². The van der Waals surface area contributed by atoms with Crippen LogP contribution in [0.1, 0.15) is 13.8 Å². The molecule has 2 amide bonds. The van der Waals surface area contributed by atoms with Gasteiger partial charge in [0.25, 0.3) is 11.8 Å². The molecule has 0 spiro atoms. The van der Waals surface area contributed by atoms with E-state index in [1.807, 2.05) is 0 Å². The van der Waals surface area contributed by atoms with E-state index in [0.717, 1.165) is 0 Å². The Bertz CT molecular complexity index is 325. The maximum absolute atomic E-state index is 11.6. The Morgan fingerprint density at radius 1 is 1.20 bits per heavy atom. The minimum Gasteiger partial charge on any atom is -0.410 e. The summed E-state index contributed by atoms with van der Waals surface area (Å²) in [5, 5.41) is 11.5. The SMILES string of the molecule is CCN1C(=O)C(=NO)C(=O)N(CC)C1=S. The third kappa shape index (κ3) is 1.70. The smallest absolute Gasteiger partial charge is 0.287 e. The largest absolute Gasteiger partial charge is 0.410 e. The normalized spacial score (nSPS) is 17.5. The van der Waals surface area contributed by atoms with Crippen molar-refractivity contribution in [3.8, 4) is 0 Å². The number of carbonyl (C=O) groups is 2. The van der Waals surface area contributed by atoms with Gasteiger partial charge in [-0.3, -0.25) is 19.4 Å². The van der Waals surface area contributed by atoms with Crippen LogP contribution in [0, 0.1) is 0 Å². The lowest BCUT2D eigenvalue weighted by Gasteiger charge is -2.33. The van der Waals surface area contributed by atoms with E-state index in [1.165, 1.54) is 9.80 Å². The predicted molar refractivity (Wildman–Crippen MR) is 56.6 cm³/mol. The van der Waals surface area contributed by atoms with E-state index < -0.39 is 17.5 Å². The molecule has 1 rings (SSSR count). The van der Waals surface area contributed by atoms with Gasteiger partial charge < -0.3 is 5.21 Å². The second-order valence-electron chi connectivity index (χ2n) is 2.83. The maximum Gasteiger partial charge on any atom is 0.287 e. The van der Waals surface area contributed by atoms with Gasteiger partial charge in [0.15, 0.2) is 5.11 Å². The maximum atomic E-state index is 11.6. The number of nitrogens with zero attached hydrogens (tertiary/aromatic N) is 3. The molecule has 0 atom stereocenters. The number of rotatable bonds is 2. The third-order valence-electron chi connectivity index (χ3n) is 2.09. The zero-order chi connectivity index (χ0) is 11.6. The number of amides is 2. The highest BCUT2D eigenvalue weighted by molar-refractivity contribution is 7.80. The van der Waals surface area contributed by atoms with Gasteiger partial charge in [-0.05, 0) is 26.1 Å². The lowest BCUT2D eigenvalue weighted by molar-refractivity contribution is -0.128. The Labute approximate surface area is 92.1 Å². The molecule has 1 fully saturated rings. The number of hydrogen-bond donors (Lipinski definition) is 1. The standard InChI is InChI=1S/C8H11N3O3S/c1-3-10-6(12)5(9-14)7(13)11(4-2)8(10)15/h14H,3-4H2,1-2H3. The monoisotopic (exact) mass is 229 g/mol. The number of thiocarbonyl (C=S) groups is 1. The zero-order valence-corrected chi connectivity index (χ0v) is 9.24. The van der Waals surface area contributed by atoms with Crippen molar-refractivity contribution < 1.29 is 14.8 Å². The molecule has 0 aromatic carbocycles. The van der Waals surface area contributed by atoms with Gasteiger partial charge in [0.05, 0.1) is 0 Å². The summed E-state index contributed by atoms with van der Waals surface area (Å²) < 4.78 is 0. The average Bonchev–Trinajstić information content (AvgIpc) is 2.19. The molecule has 0 aromatic heterocycles. The van der Waals surface area contributed by atoms with Gasteiger partial charge in [-0.15, -0.1) is 0 Å². The molecule has 15 heavy (non-hydrogen) atoms. The van der Waals surface area contributed by atoms with Crippen LogP contribution in [0.15, 0.2) is 5.16 Å². The summed E-state index contributed by atoms with van der Waals surface area (Å²) in [5.74, 6) is -1.31. The molecular weight excluding hydrogens is 218 g/mol. The first-order valence-corrected chi connectivity index (χ1v) is 4.89. The van der Waals surface area contributed by atoms with Gasteiger partial charge >= 0.3 is 0 Å². The summed E-state index contributed by atoms with van der Waals surface area (Å²) in [4.78, 5) is 25.6. The summed E-state index contributed by atoms with van der Waals surface area (Å²) >= 11 is 4.98. The van der Waals surface area contributed by atoms with E-state index in [2.05, 4.69) is 5.16 Å². The van der Waals surface area contributed by atoms with Crippen molar-refractivity contribution in [2.75, 3.05) is 13.1 Å². The van der Waals surface area contributed by atoms with Crippen LogP contribution < -0.4 is 0 Å². The predicted octanol–water partition coefficient (Wildman–Crippen LogP) is -0.188. The van der Waals surface area contributed by atoms with Crippen molar-refractivity contribution in [2.24, 2.45) is 5.16 Å². The Balaban J connectivity index is 3.15. The van der Waals surface area contributed by atoms with Crippen LogP contribution in [-0.4, -0.2) is 50.7 Å². The quantitative estimate of drug-likeness (QED) is 0.405. The van der Waals surface area contributed by atoms with Gasteiger partial charge in [-0.1, -0.05) is 5.16 Å². The molecule has 7 heteroatoms. The van der Waals surface area contributed by atoms with Gasteiger partial charge in [0.2, 0.25) is 5.71 Å². The Morgan fingerprint density at radius 2 is 1.60 bits per heavy atom. The second-order valence-corrected chi connectivity index (χ2v) is 3.20. The molecule has 1 aliphatic rings. The molecule has 1 heterocycles. The highest BCUT2D eigenvalue weighted by Crippen LogP contribution is 2.10. The minimum atomic E-state index is -0.653. The van der Waals surface area contributed by atoms with Crippen LogP contribution in [0.25, 0.3) is 0 Å². The van der Waals surface area contributed by atoms with Gasteiger partial charge in [0, 0.05) is 13.1 Å². The number of hydrogen-bond acceptors (Lipinski definition) is 5. The molecule has 82 valence electrons. The molecule has 6 nitrogen and oxygen atoms in total. The summed E-state index contributed by atoms with van der Waals surface area (Å²) in [6, 6.07) is 0. The van der Waals surface area contributed by atoms with Crippen molar-refractivity contribution in [1.29, 1.82) is 0 Å². The van der Waals surface area contributed by atoms with Crippen LogP contribution >= 0.6 is 12.2 Å². The molecule has 0 aliphatic carbocycles. The highest BCUT2D eigenvalue weighted by Gasteiger charge is 2.39. The minimum absolute atomic E-state index is 0.155. The molecule has 0 bridgehead atoms. The van der Waals surface area contributed by atoms with Gasteiger partial charge in [-0.2, -0.15) is 0 Å². The zero-order valence-electron chi connectivity index (χ0n) is 8.43. The fourth-order valence-corrected chi connectivity index (χ4v) is 1.73. The summed E-state index contributed by atoms with van der Waals surface area (Å²) in [6.07, 6.45) is 0. The average molecular weight is 229 g/mol. The van der Waals surface area contributed by atoms with E-state index in [0.29, 0.717) is 13.1 Å². The van der Waals surface area contributed by atoms with E-state index in [4.69, 9.17) is 17.4 Å². The van der Waals surface area contributed by atoms with Crippen molar-refractivity contribution in [2.45, 2.75) is 13.8 Å². The first kappa shape index (κ1) is 11.6. The molecule has 0 radical (unpaired) electrons. The molecular formula is C8H11N3O3S. The molecule has 1 N–H and O–H groups in total. The summed E-state index contributed by atoms with van der Waals surface area (Å²) in [5.41, 5.74) is -0.493. The van der Waals surface area contributed by atoms with Crippen LogP contribution in [0.2, 0.25) is 0 Å². The second kappa shape index (κ2) is 4.35. The van der Waals surface area contributed by atoms with Crippen molar-refractivity contribution >= 4 is 34.9 Å².